The third-order valence-corrected chi connectivity index (χ3v) is 2.85. The van der Waals surface area contributed by atoms with Crippen molar-refractivity contribution in [3.63, 3.8) is 0 Å². The second-order valence-electron chi connectivity index (χ2n) is 4.22. The van der Waals surface area contributed by atoms with Crippen molar-refractivity contribution < 1.29 is 4.39 Å². The van der Waals surface area contributed by atoms with Crippen LogP contribution in [0.3, 0.4) is 0 Å². The smallest absolute Gasteiger partial charge is 0.125 e. The molecule has 0 aliphatic rings. The highest BCUT2D eigenvalue weighted by Gasteiger charge is 2.07. The van der Waals surface area contributed by atoms with Gasteiger partial charge in [-0.25, -0.2) is 9.37 Å². The van der Waals surface area contributed by atoms with E-state index in [4.69, 9.17) is 5.26 Å². The quantitative estimate of drug-likeness (QED) is 0.715. The monoisotopic (exact) mass is 264 g/mol. The summed E-state index contributed by atoms with van der Waals surface area (Å²) < 4.78 is 15.2. The molecule has 3 aromatic rings. The number of nitrogens with zero attached hydrogens (tertiary/aromatic N) is 4. The largest absolute Gasteiger partial charge is 0.304 e. The van der Waals surface area contributed by atoms with E-state index < -0.39 is 5.82 Å². The number of halogens is 1. The minimum atomic E-state index is -0.449. The Morgan fingerprint density at radius 3 is 2.90 bits per heavy atom. The van der Waals surface area contributed by atoms with Gasteiger partial charge in [0.1, 0.15) is 5.82 Å². The SMILES string of the molecule is N#Cc1cc(F)cc(-c2cn(-c3cccnc3)cn2)c1. The minimum absolute atomic E-state index is 0.274. The van der Waals surface area contributed by atoms with E-state index in [0.29, 0.717) is 11.3 Å². The third kappa shape index (κ3) is 2.27. The highest BCUT2D eigenvalue weighted by Crippen LogP contribution is 2.21. The molecule has 0 unspecified atom stereocenters. The number of pyridine rings is 1. The predicted molar refractivity (Wildman–Crippen MR) is 71.5 cm³/mol. The van der Waals surface area contributed by atoms with E-state index in [0.717, 1.165) is 5.69 Å². The van der Waals surface area contributed by atoms with Gasteiger partial charge in [-0.2, -0.15) is 5.26 Å². The van der Waals surface area contributed by atoms with Gasteiger partial charge in [0.25, 0.3) is 0 Å². The number of nitriles is 1. The molecule has 2 heterocycles. The number of hydrogen-bond acceptors (Lipinski definition) is 3. The highest BCUT2D eigenvalue weighted by molar-refractivity contribution is 5.61. The van der Waals surface area contributed by atoms with Gasteiger partial charge < -0.3 is 4.57 Å². The fourth-order valence-electron chi connectivity index (χ4n) is 1.92. The maximum atomic E-state index is 13.4. The van der Waals surface area contributed by atoms with E-state index in [1.807, 2.05) is 18.2 Å². The molecule has 0 aliphatic heterocycles. The van der Waals surface area contributed by atoms with E-state index >= 15 is 0 Å². The van der Waals surface area contributed by atoms with Crippen LogP contribution in [0.25, 0.3) is 16.9 Å². The number of aromatic nitrogens is 3. The van der Waals surface area contributed by atoms with Gasteiger partial charge in [0, 0.05) is 18.0 Å². The molecule has 3 rings (SSSR count). The first kappa shape index (κ1) is 12.1. The molecule has 0 N–H and O–H groups in total. The molecule has 5 heteroatoms. The zero-order chi connectivity index (χ0) is 13.9. The zero-order valence-corrected chi connectivity index (χ0v) is 10.4. The van der Waals surface area contributed by atoms with Gasteiger partial charge >= 0.3 is 0 Å². The van der Waals surface area contributed by atoms with Gasteiger partial charge in [-0.3, -0.25) is 4.98 Å². The summed E-state index contributed by atoms with van der Waals surface area (Å²) in [7, 11) is 0. The lowest BCUT2D eigenvalue weighted by molar-refractivity contribution is 0.628. The van der Waals surface area contributed by atoms with E-state index in [2.05, 4.69) is 9.97 Å². The molecule has 0 saturated carbocycles. The van der Waals surface area contributed by atoms with Gasteiger partial charge in [0.15, 0.2) is 0 Å². The van der Waals surface area contributed by atoms with E-state index in [1.54, 1.807) is 35.6 Å². The van der Waals surface area contributed by atoms with Gasteiger partial charge in [0.2, 0.25) is 0 Å². The van der Waals surface area contributed by atoms with Crippen LogP contribution in [0.2, 0.25) is 0 Å². The first-order valence-corrected chi connectivity index (χ1v) is 5.92. The molecule has 1 aromatic carbocycles. The normalized spacial score (nSPS) is 10.2. The van der Waals surface area contributed by atoms with Crippen molar-refractivity contribution in [3.05, 3.63) is 66.6 Å². The molecule has 0 saturated heterocycles. The number of benzene rings is 1. The predicted octanol–water partition coefficient (Wildman–Crippen LogP) is 2.95. The van der Waals surface area contributed by atoms with Crippen molar-refractivity contribution in [3.8, 4) is 23.0 Å². The van der Waals surface area contributed by atoms with Crippen LogP contribution in [0.1, 0.15) is 5.56 Å². The van der Waals surface area contributed by atoms with Crippen LogP contribution in [-0.4, -0.2) is 14.5 Å². The van der Waals surface area contributed by atoms with E-state index in [9.17, 15) is 4.39 Å². The molecule has 0 spiro atoms. The van der Waals surface area contributed by atoms with Gasteiger partial charge in [-0.1, -0.05) is 0 Å². The molecular formula is C15H9FN4. The summed E-state index contributed by atoms with van der Waals surface area (Å²) in [5, 5.41) is 8.87. The van der Waals surface area contributed by atoms with Crippen LogP contribution in [-0.2, 0) is 0 Å². The second-order valence-corrected chi connectivity index (χ2v) is 4.22. The van der Waals surface area contributed by atoms with Crippen LogP contribution >= 0.6 is 0 Å². The Morgan fingerprint density at radius 2 is 2.15 bits per heavy atom. The number of imidazole rings is 1. The van der Waals surface area contributed by atoms with Crippen molar-refractivity contribution in [2.45, 2.75) is 0 Å². The summed E-state index contributed by atoms with van der Waals surface area (Å²) in [6, 6.07) is 9.81. The molecule has 0 bridgehead atoms. The van der Waals surface area contributed by atoms with Crippen LogP contribution in [0.15, 0.2) is 55.2 Å². The molecule has 96 valence electrons. The lowest BCUT2D eigenvalue weighted by Gasteiger charge is -2.00. The molecule has 0 amide bonds. The topological polar surface area (TPSA) is 54.5 Å². The Bertz CT molecular complexity index is 787. The third-order valence-electron chi connectivity index (χ3n) is 2.85. The Kier molecular flexibility index (Phi) is 2.98. The Labute approximate surface area is 114 Å². The van der Waals surface area contributed by atoms with Crippen molar-refractivity contribution in [1.82, 2.24) is 14.5 Å². The molecule has 0 radical (unpaired) electrons. The molecule has 0 atom stereocenters. The molecule has 2 aromatic heterocycles. The molecule has 0 fully saturated rings. The van der Waals surface area contributed by atoms with Crippen molar-refractivity contribution >= 4 is 0 Å². The first-order valence-electron chi connectivity index (χ1n) is 5.92. The van der Waals surface area contributed by atoms with Crippen LogP contribution in [0.5, 0.6) is 0 Å². The van der Waals surface area contributed by atoms with Gasteiger partial charge in [0.05, 0.1) is 35.5 Å². The molecule has 4 nitrogen and oxygen atoms in total. The standard InChI is InChI=1S/C15H9FN4/c16-13-5-11(7-17)4-12(6-13)15-9-20(10-19-15)14-2-1-3-18-8-14/h1-6,8-10H. The number of rotatable bonds is 2. The summed E-state index contributed by atoms with van der Waals surface area (Å²) >= 11 is 0. The van der Waals surface area contributed by atoms with E-state index in [-0.39, 0.29) is 5.56 Å². The lowest BCUT2D eigenvalue weighted by atomic mass is 10.1. The van der Waals surface area contributed by atoms with Crippen molar-refractivity contribution in [2.24, 2.45) is 0 Å². The average Bonchev–Trinajstić information content (AvgIpc) is 2.97. The summed E-state index contributed by atoms with van der Waals surface area (Å²) in [5.74, 6) is -0.449. The Hall–Kier alpha value is -3.00. The van der Waals surface area contributed by atoms with Crippen LogP contribution in [0.4, 0.5) is 4.39 Å². The maximum Gasteiger partial charge on any atom is 0.125 e. The van der Waals surface area contributed by atoms with Gasteiger partial charge in [-0.05, 0) is 30.3 Å². The van der Waals surface area contributed by atoms with Gasteiger partial charge in [-0.15, -0.1) is 0 Å². The minimum Gasteiger partial charge on any atom is -0.304 e. The number of hydrogen-bond donors (Lipinski definition) is 0. The molecule has 20 heavy (non-hydrogen) atoms. The molecule has 0 aliphatic carbocycles. The first-order chi connectivity index (χ1) is 9.76. The Balaban J connectivity index is 2.03. The summed E-state index contributed by atoms with van der Waals surface area (Å²) in [6.45, 7) is 0. The van der Waals surface area contributed by atoms with Crippen LogP contribution < -0.4 is 0 Å². The van der Waals surface area contributed by atoms with Crippen molar-refractivity contribution in [1.29, 1.82) is 5.26 Å². The summed E-state index contributed by atoms with van der Waals surface area (Å²) in [4.78, 5) is 8.27. The zero-order valence-electron chi connectivity index (χ0n) is 10.4. The lowest BCUT2D eigenvalue weighted by Crippen LogP contribution is -1.89. The second kappa shape index (κ2) is 4.94. The summed E-state index contributed by atoms with van der Waals surface area (Å²) in [5.41, 5.74) is 2.31. The van der Waals surface area contributed by atoms with Crippen molar-refractivity contribution in [2.75, 3.05) is 0 Å². The average molecular weight is 264 g/mol. The molecular weight excluding hydrogens is 255 g/mol. The maximum absolute atomic E-state index is 13.4. The highest BCUT2D eigenvalue weighted by atomic mass is 19.1. The van der Waals surface area contributed by atoms with Crippen LogP contribution in [0, 0.1) is 17.1 Å². The van der Waals surface area contributed by atoms with E-state index in [1.165, 1.54) is 12.1 Å². The fraction of sp³-hybridized carbons (Fsp3) is 0. The Morgan fingerprint density at radius 1 is 1.25 bits per heavy atom. The summed E-state index contributed by atoms with van der Waals surface area (Å²) in [6.07, 6.45) is 6.79. The fourth-order valence-corrected chi connectivity index (χ4v) is 1.92.